The van der Waals surface area contributed by atoms with Gasteiger partial charge in [-0.2, -0.15) is 0 Å². The number of aliphatic hydroxyl groups excluding tert-OH is 1. The van der Waals surface area contributed by atoms with Crippen LogP contribution in [0.2, 0.25) is 0 Å². The van der Waals surface area contributed by atoms with E-state index in [4.69, 9.17) is 9.47 Å². The van der Waals surface area contributed by atoms with E-state index in [1.165, 1.54) is 0 Å². The number of amides is 2. The molecule has 0 saturated heterocycles. The molecule has 0 aliphatic carbocycles. The number of hydrogen-bond acceptors (Lipinski definition) is 5. The van der Waals surface area contributed by atoms with Gasteiger partial charge in [0.15, 0.2) is 0 Å². The zero-order chi connectivity index (χ0) is 30.1. The molecule has 220 valence electrons. The molecule has 4 aromatic rings. The number of aliphatic hydroxyl groups is 1. The molecule has 1 heterocycles. The van der Waals surface area contributed by atoms with Crippen molar-refractivity contribution in [3.05, 3.63) is 96.4 Å². The number of para-hydroxylation sites is 1. The third-order valence-corrected chi connectivity index (χ3v) is 6.93. The number of aromatic amines is 1. The Morgan fingerprint density at radius 1 is 1.05 bits per heavy atom. The maximum Gasteiger partial charge on any atom is 0.419 e. The van der Waals surface area contributed by atoms with Crippen LogP contribution in [0, 0.1) is 0 Å². The second-order valence-electron chi connectivity index (χ2n) is 10.2. The highest BCUT2D eigenvalue weighted by Gasteiger charge is 2.21. The second kappa shape index (κ2) is 14.4. The Kier molecular flexibility index (Phi) is 10.4. The lowest BCUT2D eigenvalue weighted by Crippen LogP contribution is -2.39. The molecule has 8 heteroatoms. The molecular weight excluding hydrogens is 530 g/mol. The number of allylic oxidation sites excluding steroid dienone is 1. The van der Waals surface area contributed by atoms with Gasteiger partial charge in [-0.25, -0.2) is 4.79 Å². The van der Waals surface area contributed by atoms with Crippen LogP contribution < -0.4 is 15.0 Å². The fourth-order valence-electron chi connectivity index (χ4n) is 4.86. The first-order chi connectivity index (χ1) is 20.3. The van der Waals surface area contributed by atoms with Gasteiger partial charge in [0.2, 0.25) is 0 Å². The number of benzene rings is 3. The van der Waals surface area contributed by atoms with E-state index in [1.54, 1.807) is 24.0 Å². The second-order valence-corrected chi connectivity index (χ2v) is 10.2. The molecule has 0 bridgehead atoms. The standard InChI is InChI=1S/C34H39N3O5/c1-5-7-17-37(34(40)42-23(3)4)28-12-10-11-24(19-28)25-15-16-32(41-6-2)30(20-25)33(39)36-27(22-38)18-26-21-35-31-14-9-8-13-29(26)31/h8-16,19-21,27,35,38H,3,5-7,17-18,22H2,1-2,4H3,(H,36,39)/t27-/m1/s1. The van der Waals surface area contributed by atoms with Crippen LogP contribution in [-0.4, -0.2) is 47.9 Å². The minimum absolute atomic E-state index is 0.217. The Labute approximate surface area is 247 Å². The lowest BCUT2D eigenvalue weighted by molar-refractivity contribution is 0.0912. The summed E-state index contributed by atoms with van der Waals surface area (Å²) in [6.45, 7) is 9.93. The third kappa shape index (κ3) is 7.39. The van der Waals surface area contributed by atoms with Gasteiger partial charge < -0.3 is 24.9 Å². The highest BCUT2D eigenvalue weighted by atomic mass is 16.6. The maximum absolute atomic E-state index is 13.6. The number of hydrogen-bond donors (Lipinski definition) is 3. The monoisotopic (exact) mass is 569 g/mol. The van der Waals surface area contributed by atoms with E-state index in [0.717, 1.165) is 40.4 Å². The minimum atomic E-state index is -0.496. The first kappa shape index (κ1) is 30.4. The molecule has 0 aliphatic heterocycles. The Morgan fingerprint density at radius 3 is 2.57 bits per heavy atom. The highest BCUT2D eigenvalue weighted by Crippen LogP contribution is 2.30. The van der Waals surface area contributed by atoms with Crippen molar-refractivity contribution in [1.82, 2.24) is 10.3 Å². The number of nitrogens with zero attached hydrogens (tertiary/aromatic N) is 1. The van der Waals surface area contributed by atoms with Gasteiger partial charge in [0, 0.05) is 29.3 Å². The number of carbonyl (C=O) groups excluding carboxylic acids is 2. The molecule has 0 radical (unpaired) electrons. The Bertz CT molecular complexity index is 1540. The van der Waals surface area contributed by atoms with Gasteiger partial charge in [-0.05, 0) is 73.7 Å². The molecule has 0 fully saturated rings. The Morgan fingerprint density at radius 2 is 1.83 bits per heavy atom. The van der Waals surface area contributed by atoms with Gasteiger partial charge in [-0.15, -0.1) is 0 Å². The number of carbonyl (C=O) groups is 2. The summed E-state index contributed by atoms with van der Waals surface area (Å²) in [5, 5.41) is 14.2. The average molecular weight is 570 g/mol. The van der Waals surface area contributed by atoms with Crippen LogP contribution in [0.5, 0.6) is 5.75 Å². The van der Waals surface area contributed by atoms with Crippen LogP contribution in [0.3, 0.4) is 0 Å². The first-order valence-electron chi connectivity index (χ1n) is 14.3. The molecule has 2 amide bonds. The molecule has 8 nitrogen and oxygen atoms in total. The summed E-state index contributed by atoms with van der Waals surface area (Å²) in [4.78, 5) is 31.3. The fraction of sp³-hybridized carbons (Fsp3) is 0.294. The molecule has 0 aliphatic rings. The highest BCUT2D eigenvalue weighted by molar-refractivity contribution is 5.99. The number of fused-ring (bicyclic) bond motifs is 1. The Balaban J connectivity index is 1.61. The van der Waals surface area contributed by atoms with Gasteiger partial charge in [-0.3, -0.25) is 9.69 Å². The normalized spacial score (nSPS) is 11.6. The van der Waals surface area contributed by atoms with Crippen molar-refractivity contribution in [3.63, 3.8) is 0 Å². The van der Waals surface area contributed by atoms with Crippen molar-refractivity contribution in [2.75, 3.05) is 24.7 Å². The van der Waals surface area contributed by atoms with E-state index in [0.29, 0.717) is 42.3 Å². The van der Waals surface area contributed by atoms with Crippen molar-refractivity contribution < 1.29 is 24.2 Å². The number of nitrogens with one attached hydrogen (secondary N) is 2. The van der Waals surface area contributed by atoms with E-state index < -0.39 is 12.1 Å². The van der Waals surface area contributed by atoms with Crippen molar-refractivity contribution in [3.8, 4) is 16.9 Å². The summed E-state index contributed by atoms with van der Waals surface area (Å²) in [7, 11) is 0. The molecule has 0 unspecified atom stereocenters. The van der Waals surface area contributed by atoms with E-state index in [1.807, 2.05) is 67.7 Å². The molecule has 4 rings (SSSR count). The SMILES string of the molecule is C=C(C)OC(=O)N(CCCC)c1cccc(-c2ccc(OCC)c(C(=O)N[C@@H](CO)Cc3c[nH]c4ccccc34)c2)c1. The average Bonchev–Trinajstić information content (AvgIpc) is 3.39. The number of aromatic nitrogens is 1. The van der Waals surface area contributed by atoms with Crippen LogP contribution >= 0.6 is 0 Å². The smallest absolute Gasteiger partial charge is 0.419 e. The van der Waals surface area contributed by atoms with Crippen molar-refractivity contribution in [1.29, 1.82) is 0 Å². The van der Waals surface area contributed by atoms with E-state index in [2.05, 4.69) is 23.8 Å². The zero-order valence-electron chi connectivity index (χ0n) is 24.5. The van der Waals surface area contributed by atoms with E-state index in [9.17, 15) is 14.7 Å². The maximum atomic E-state index is 13.6. The van der Waals surface area contributed by atoms with E-state index >= 15 is 0 Å². The zero-order valence-corrected chi connectivity index (χ0v) is 24.5. The van der Waals surface area contributed by atoms with Gasteiger partial charge in [0.05, 0.1) is 30.6 Å². The molecule has 0 saturated carbocycles. The van der Waals surface area contributed by atoms with Crippen molar-refractivity contribution in [2.45, 2.75) is 46.1 Å². The van der Waals surface area contributed by atoms with Gasteiger partial charge >= 0.3 is 6.09 Å². The van der Waals surface area contributed by atoms with Crippen LogP contribution in [-0.2, 0) is 11.2 Å². The molecule has 0 spiro atoms. The summed E-state index contributed by atoms with van der Waals surface area (Å²) >= 11 is 0. The number of rotatable bonds is 13. The van der Waals surface area contributed by atoms with Crippen LogP contribution in [0.4, 0.5) is 10.5 Å². The summed E-state index contributed by atoms with van der Waals surface area (Å²) in [6.07, 6.45) is 3.63. The number of H-pyrrole nitrogens is 1. The summed E-state index contributed by atoms with van der Waals surface area (Å²) in [6, 6.07) is 20.4. The molecule has 42 heavy (non-hydrogen) atoms. The third-order valence-electron chi connectivity index (χ3n) is 6.93. The molecule has 1 atom stereocenters. The van der Waals surface area contributed by atoms with Gasteiger partial charge in [0.1, 0.15) is 5.75 Å². The number of unbranched alkanes of at least 4 members (excludes halogenated alkanes) is 1. The molecule has 3 aromatic carbocycles. The van der Waals surface area contributed by atoms with Gasteiger partial charge in [0.25, 0.3) is 5.91 Å². The number of ether oxygens (including phenoxy) is 2. The predicted molar refractivity (Wildman–Crippen MR) is 167 cm³/mol. The first-order valence-corrected chi connectivity index (χ1v) is 14.3. The Hall–Kier alpha value is -4.56. The van der Waals surface area contributed by atoms with Crippen LogP contribution in [0.25, 0.3) is 22.0 Å². The van der Waals surface area contributed by atoms with Crippen LogP contribution in [0.15, 0.2) is 85.3 Å². The summed E-state index contributed by atoms with van der Waals surface area (Å²) in [5.41, 5.74) is 4.68. The lowest BCUT2D eigenvalue weighted by Gasteiger charge is -2.23. The molecule has 3 N–H and O–H groups in total. The van der Waals surface area contributed by atoms with Crippen LogP contribution in [0.1, 0.15) is 49.5 Å². The number of anilines is 1. The van der Waals surface area contributed by atoms with Crippen molar-refractivity contribution in [2.24, 2.45) is 0 Å². The predicted octanol–water partition coefficient (Wildman–Crippen LogP) is 6.84. The van der Waals surface area contributed by atoms with E-state index in [-0.39, 0.29) is 12.5 Å². The van der Waals surface area contributed by atoms with Gasteiger partial charge in [-0.1, -0.05) is 56.3 Å². The lowest BCUT2D eigenvalue weighted by atomic mass is 10.0. The summed E-state index contributed by atoms with van der Waals surface area (Å²) < 4.78 is 11.1. The molecule has 1 aromatic heterocycles. The topological polar surface area (TPSA) is 104 Å². The largest absolute Gasteiger partial charge is 0.493 e. The van der Waals surface area contributed by atoms with Crippen molar-refractivity contribution >= 4 is 28.6 Å². The fourth-order valence-corrected chi connectivity index (χ4v) is 4.86. The summed E-state index contributed by atoms with van der Waals surface area (Å²) in [5.74, 6) is 0.434. The quantitative estimate of drug-likeness (QED) is 0.153. The minimum Gasteiger partial charge on any atom is -0.493 e. The molecular formula is C34H39N3O5.